The van der Waals surface area contributed by atoms with Gasteiger partial charge in [0.05, 0.1) is 39.1 Å². The second-order valence-electron chi connectivity index (χ2n) is 7.66. The maximum absolute atomic E-state index is 13.1. The number of hydrogen-bond donors (Lipinski definition) is 1. The maximum Gasteiger partial charge on any atom is 0.438 e. The van der Waals surface area contributed by atoms with Gasteiger partial charge in [-0.15, -0.1) is 0 Å². The van der Waals surface area contributed by atoms with E-state index in [-0.39, 0.29) is 38.6 Å². The van der Waals surface area contributed by atoms with Crippen LogP contribution in [0.3, 0.4) is 0 Å². The molecule has 0 unspecified atom stereocenters. The van der Waals surface area contributed by atoms with Crippen molar-refractivity contribution in [2.24, 2.45) is 0 Å². The third-order valence-electron chi connectivity index (χ3n) is 4.92. The topological polar surface area (TPSA) is 110 Å². The highest BCUT2D eigenvalue weighted by Gasteiger charge is 2.37. The lowest BCUT2D eigenvalue weighted by molar-refractivity contribution is 0.0600. The maximum atomic E-state index is 13.1. The minimum atomic E-state index is -3.55. The fourth-order valence-electron chi connectivity index (χ4n) is 3.38. The van der Waals surface area contributed by atoms with Gasteiger partial charge in [0, 0.05) is 16.9 Å². The highest BCUT2D eigenvalue weighted by atomic mass is 31.2. The number of methoxy groups -OCH3 is 1. The molecule has 0 heterocycles. The standard InChI is InChI=1S/C27H37O9P2/c1-6-33-37(29,34-7-2)17-15-23-19-25(27(28)31-5)20-24(16-18-38(30,35-8-3)36-9-4)26(23)32-21-22-13-11-10-12-14-22/h10-20,29H,6-9,21H2,1-5H3/q+1/b17-15+,18-16+. The number of benzene rings is 2. The van der Waals surface area contributed by atoms with Gasteiger partial charge in [0.1, 0.15) is 18.2 Å². The molecular formula is C27H37O9P2+. The Kier molecular flexibility index (Phi) is 13.3. The minimum absolute atomic E-state index is 0.187. The van der Waals surface area contributed by atoms with Crippen LogP contribution in [0.4, 0.5) is 0 Å². The molecule has 38 heavy (non-hydrogen) atoms. The molecule has 2 aromatic carbocycles. The van der Waals surface area contributed by atoms with Crippen LogP contribution in [-0.2, 0) is 34.0 Å². The second kappa shape index (κ2) is 15.9. The van der Waals surface area contributed by atoms with E-state index in [0.29, 0.717) is 16.9 Å². The van der Waals surface area contributed by atoms with Gasteiger partial charge in [-0.3, -0.25) is 4.57 Å². The molecule has 0 radical (unpaired) electrons. The first-order valence-corrected chi connectivity index (χ1v) is 15.6. The van der Waals surface area contributed by atoms with Crippen molar-refractivity contribution in [3.63, 3.8) is 0 Å². The van der Waals surface area contributed by atoms with Crippen LogP contribution in [-0.4, -0.2) is 44.4 Å². The molecule has 9 nitrogen and oxygen atoms in total. The lowest BCUT2D eigenvalue weighted by Gasteiger charge is -2.16. The van der Waals surface area contributed by atoms with Crippen molar-refractivity contribution in [3.05, 3.63) is 76.4 Å². The summed E-state index contributed by atoms with van der Waals surface area (Å²) >= 11 is 0. The van der Waals surface area contributed by atoms with Crippen molar-refractivity contribution in [1.82, 2.24) is 0 Å². The summed E-state index contributed by atoms with van der Waals surface area (Å²) in [6, 6.07) is 12.7. The Bertz CT molecular complexity index is 1120. The number of ether oxygens (including phenoxy) is 2. The molecule has 0 fully saturated rings. The van der Waals surface area contributed by atoms with E-state index >= 15 is 0 Å². The van der Waals surface area contributed by atoms with Gasteiger partial charge in [0.15, 0.2) is 0 Å². The fraction of sp³-hybridized carbons (Fsp3) is 0.370. The number of esters is 1. The van der Waals surface area contributed by atoms with E-state index in [1.807, 2.05) is 30.3 Å². The lowest BCUT2D eigenvalue weighted by Crippen LogP contribution is -2.05. The molecule has 0 aliphatic heterocycles. The van der Waals surface area contributed by atoms with E-state index < -0.39 is 21.5 Å². The van der Waals surface area contributed by atoms with E-state index in [4.69, 9.17) is 27.6 Å². The van der Waals surface area contributed by atoms with Crippen LogP contribution in [0.1, 0.15) is 54.7 Å². The Morgan fingerprint density at radius 3 is 2.03 bits per heavy atom. The summed E-state index contributed by atoms with van der Waals surface area (Å²) in [6.07, 6.45) is 3.11. The average molecular weight is 568 g/mol. The van der Waals surface area contributed by atoms with Gasteiger partial charge in [-0.2, -0.15) is 13.9 Å². The highest BCUT2D eigenvalue weighted by Crippen LogP contribution is 2.59. The average Bonchev–Trinajstić information content (AvgIpc) is 2.90. The molecule has 2 rings (SSSR count). The van der Waals surface area contributed by atoms with Crippen molar-refractivity contribution in [2.45, 2.75) is 34.3 Å². The van der Waals surface area contributed by atoms with Crippen LogP contribution in [0.2, 0.25) is 0 Å². The zero-order valence-corrected chi connectivity index (χ0v) is 24.3. The van der Waals surface area contributed by atoms with E-state index in [1.165, 1.54) is 24.8 Å². The normalized spacial score (nSPS) is 12.4. The summed E-state index contributed by atoms with van der Waals surface area (Å²) in [5.41, 5.74) is 2.01. The largest absolute Gasteiger partial charge is 0.488 e. The summed E-state index contributed by atoms with van der Waals surface area (Å²) < 4.78 is 46.0. The second-order valence-corrected chi connectivity index (χ2v) is 11.5. The molecule has 0 aliphatic carbocycles. The minimum Gasteiger partial charge on any atom is -0.488 e. The van der Waals surface area contributed by atoms with Gasteiger partial charge >= 0.3 is 21.5 Å². The molecule has 0 atom stereocenters. The molecular weight excluding hydrogens is 530 g/mol. The van der Waals surface area contributed by atoms with Gasteiger partial charge in [0.25, 0.3) is 0 Å². The number of hydrogen-bond acceptors (Lipinski definition) is 9. The molecule has 0 amide bonds. The van der Waals surface area contributed by atoms with Gasteiger partial charge in [-0.1, -0.05) is 30.3 Å². The molecule has 0 spiro atoms. The van der Waals surface area contributed by atoms with Crippen LogP contribution in [0, 0.1) is 0 Å². The first kappa shape index (κ1) is 31.9. The van der Waals surface area contributed by atoms with Gasteiger partial charge < -0.3 is 18.5 Å². The van der Waals surface area contributed by atoms with Crippen molar-refractivity contribution in [1.29, 1.82) is 0 Å². The Labute approximate surface area is 225 Å². The molecule has 0 bridgehead atoms. The fourth-order valence-corrected chi connectivity index (χ4v) is 6.02. The van der Waals surface area contributed by atoms with Crippen molar-refractivity contribution < 1.29 is 41.8 Å². The lowest BCUT2D eigenvalue weighted by atomic mass is 10.0. The molecule has 0 saturated carbocycles. The summed E-state index contributed by atoms with van der Waals surface area (Å²) in [7, 11) is -5.58. The SMILES string of the molecule is CCOP(=O)(/C=C/c1cc(C(=O)OC)cc(/C=C/[P+](O)(OCC)OCC)c1OCc1ccccc1)OCC. The van der Waals surface area contributed by atoms with E-state index in [9.17, 15) is 14.3 Å². The molecule has 11 heteroatoms. The first-order valence-electron chi connectivity index (χ1n) is 12.3. The van der Waals surface area contributed by atoms with E-state index in [2.05, 4.69) is 0 Å². The summed E-state index contributed by atoms with van der Waals surface area (Å²) in [6.45, 7) is 8.01. The van der Waals surface area contributed by atoms with Crippen LogP contribution >= 0.6 is 15.5 Å². The number of carbonyl (C=O) groups is 1. The van der Waals surface area contributed by atoms with Crippen LogP contribution in [0.5, 0.6) is 5.75 Å². The third kappa shape index (κ3) is 9.75. The summed E-state index contributed by atoms with van der Waals surface area (Å²) in [5.74, 6) is 2.56. The van der Waals surface area contributed by atoms with Gasteiger partial charge in [-0.05, 0) is 57.5 Å². The Hall–Kier alpha value is -2.35. The van der Waals surface area contributed by atoms with Crippen molar-refractivity contribution >= 4 is 33.7 Å². The zero-order chi connectivity index (χ0) is 28.0. The monoisotopic (exact) mass is 567 g/mol. The number of carbonyl (C=O) groups excluding carboxylic acids is 1. The molecule has 1 N–H and O–H groups in total. The molecule has 0 saturated heterocycles. The predicted molar refractivity (Wildman–Crippen MR) is 150 cm³/mol. The van der Waals surface area contributed by atoms with Crippen LogP contribution in [0.25, 0.3) is 12.2 Å². The summed E-state index contributed by atoms with van der Waals surface area (Å²) in [5, 5.41) is 0. The Balaban J connectivity index is 2.68. The smallest absolute Gasteiger partial charge is 0.438 e. The van der Waals surface area contributed by atoms with Crippen LogP contribution in [0.15, 0.2) is 54.1 Å². The van der Waals surface area contributed by atoms with Crippen molar-refractivity contribution in [3.8, 4) is 5.75 Å². The Morgan fingerprint density at radius 2 is 1.50 bits per heavy atom. The third-order valence-corrected chi connectivity index (χ3v) is 8.45. The highest BCUT2D eigenvalue weighted by molar-refractivity contribution is 7.64. The molecule has 0 aromatic heterocycles. The van der Waals surface area contributed by atoms with E-state index in [1.54, 1.807) is 45.9 Å². The molecule has 2 aromatic rings. The molecule has 208 valence electrons. The van der Waals surface area contributed by atoms with Crippen molar-refractivity contribution in [2.75, 3.05) is 33.5 Å². The number of rotatable bonds is 16. The summed E-state index contributed by atoms with van der Waals surface area (Å²) in [4.78, 5) is 23.4. The first-order chi connectivity index (χ1) is 18.2. The molecule has 0 aliphatic rings. The van der Waals surface area contributed by atoms with Gasteiger partial charge in [-0.25, -0.2) is 4.79 Å². The van der Waals surface area contributed by atoms with Crippen LogP contribution < -0.4 is 4.74 Å². The zero-order valence-electron chi connectivity index (χ0n) is 22.5. The van der Waals surface area contributed by atoms with Gasteiger partial charge in [0.2, 0.25) is 0 Å². The van der Waals surface area contributed by atoms with E-state index in [0.717, 1.165) is 5.56 Å². The predicted octanol–water partition coefficient (Wildman–Crippen LogP) is 7.09. The Morgan fingerprint density at radius 1 is 0.921 bits per heavy atom. The quantitative estimate of drug-likeness (QED) is 0.168.